The predicted octanol–water partition coefficient (Wildman–Crippen LogP) is 3.38. The number of aliphatic hydroxyl groups is 1. The number of benzene rings is 1. The Balaban J connectivity index is 2.77. The molecule has 0 heterocycles. The third-order valence-electron chi connectivity index (χ3n) is 2.34. The fourth-order valence-corrected chi connectivity index (χ4v) is 1.35. The van der Waals surface area contributed by atoms with Gasteiger partial charge in [0.15, 0.2) is 0 Å². The fraction of sp³-hybridized carbons (Fsp3) is 0.455. The van der Waals surface area contributed by atoms with E-state index in [1.165, 1.54) is 25.1 Å². The van der Waals surface area contributed by atoms with Crippen molar-refractivity contribution in [3.63, 3.8) is 0 Å². The summed E-state index contributed by atoms with van der Waals surface area (Å²) in [7, 11) is 0. The second-order valence-corrected chi connectivity index (χ2v) is 3.90. The van der Waals surface area contributed by atoms with E-state index in [0.717, 1.165) is 6.07 Å². The van der Waals surface area contributed by atoms with E-state index in [-0.39, 0.29) is 5.56 Å². The first-order valence-corrected chi connectivity index (χ1v) is 4.76. The summed E-state index contributed by atoms with van der Waals surface area (Å²) in [6.45, 7) is 1.24. The van der Waals surface area contributed by atoms with Crippen molar-refractivity contribution in [1.29, 1.82) is 0 Å². The number of alkyl halides is 3. The summed E-state index contributed by atoms with van der Waals surface area (Å²) in [6.07, 6.45) is -5.91. The van der Waals surface area contributed by atoms with Crippen LogP contribution in [-0.4, -0.2) is 11.3 Å². The van der Waals surface area contributed by atoms with Gasteiger partial charge in [-0.1, -0.05) is 12.1 Å². The molecule has 0 saturated carbocycles. The average molecular weight is 236 g/mol. The van der Waals surface area contributed by atoms with Crippen LogP contribution >= 0.6 is 0 Å². The zero-order valence-electron chi connectivity index (χ0n) is 8.68. The molecule has 0 aromatic heterocycles. The summed E-state index contributed by atoms with van der Waals surface area (Å²) in [5, 5.41) is 9.81. The minimum absolute atomic E-state index is 0.150. The lowest BCUT2D eigenvalue weighted by Crippen LogP contribution is -2.24. The molecule has 0 aliphatic carbocycles. The van der Waals surface area contributed by atoms with E-state index in [1.807, 2.05) is 0 Å². The van der Waals surface area contributed by atoms with E-state index < -0.39 is 30.4 Å². The lowest BCUT2D eigenvalue weighted by Gasteiger charge is -2.24. The molecular formula is C11H12F4O. The van der Waals surface area contributed by atoms with Crippen LogP contribution in [-0.2, 0) is 5.60 Å². The number of rotatable bonds is 3. The van der Waals surface area contributed by atoms with E-state index in [0.29, 0.717) is 0 Å². The van der Waals surface area contributed by atoms with Gasteiger partial charge in [0.25, 0.3) is 0 Å². The highest BCUT2D eigenvalue weighted by Gasteiger charge is 2.33. The maximum atomic E-state index is 12.8. The van der Waals surface area contributed by atoms with Crippen molar-refractivity contribution in [1.82, 2.24) is 0 Å². The summed E-state index contributed by atoms with van der Waals surface area (Å²) < 4.78 is 48.8. The van der Waals surface area contributed by atoms with Crippen LogP contribution in [0.1, 0.15) is 25.3 Å². The van der Waals surface area contributed by atoms with Gasteiger partial charge in [0, 0.05) is 6.42 Å². The lowest BCUT2D eigenvalue weighted by atomic mass is 9.91. The maximum Gasteiger partial charge on any atom is 0.389 e. The van der Waals surface area contributed by atoms with Gasteiger partial charge in [-0.2, -0.15) is 13.2 Å². The van der Waals surface area contributed by atoms with Gasteiger partial charge in [0.2, 0.25) is 0 Å². The van der Waals surface area contributed by atoms with Crippen LogP contribution in [0.25, 0.3) is 0 Å². The first-order valence-electron chi connectivity index (χ1n) is 4.76. The summed E-state index contributed by atoms with van der Waals surface area (Å²) in [4.78, 5) is 0. The highest BCUT2D eigenvalue weighted by molar-refractivity contribution is 5.22. The Morgan fingerprint density at radius 2 is 1.81 bits per heavy atom. The Kier molecular flexibility index (Phi) is 3.57. The summed E-state index contributed by atoms with van der Waals surface area (Å²) in [6, 6.07) is 4.96. The molecule has 0 bridgehead atoms. The smallest absolute Gasteiger partial charge is 0.385 e. The highest BCUT2D eigenvalue weighted by Crippen LogP contribution is 2.31. The van der Waals surface area contributed by atoms with Gasteiger partial charge in [-0.3, -0.25) is 0 Å². The first kappa shape index (κ1) is 13.0. The zero-order valence-corrected chi connectivity index (χ0v) is 8.68. The molecule has 90 valence electrons. The summed E-state index contributed by atoms with van der Waals surface area (Å²) in [5.74, 6) is -0.579. The van der Waals surface area contributed by atoms with Crippen molar-refractivity contribution in [2.75, 3.05) is 0 Å². The molecule has 1 aromatic rings. The van der Waals surface area contributed by atoms with Crippen LogP contribution < -0.4 is 0 Å². The van der Waals surface area contributed by atoms with Crippen molar-refractivity contribution in [3.8, 4) is 0 Å². The molecule has 16 heavy (non-hydrogen) atoms. The second kappa shape index (κ2) is 4.41. The topological polar surface area (TPSA) is 20.2 Å². The molecule has 0 saturated heterocycles. The quantitative estimate of drug-likeness (QED) is 0.798. The Morgan fingerprint density at radius 1 is 1.19 bits per heavy atom. The van der Waals surface area contributed by atoms with Crippen LogP contribution in [0.2, 0.25) is 0 Å². The second-order valence-electron chi connectivity index (χ2n) is 3.90. The summed E-state index contributed by atoms with van der Waals surface area (Å²) in [5.41, 5.74) is -1.52. The normalized spacial score (nSPS) is 15.9. The van der Waals surface area contributed by atoms with E-state index in [1.54, 1.807) is 0 Å². The van der Waals surface area contributed by atoms with Gasteiger partial charge in [-0.25, -0.2) is 4.39 Å². The van der Waals surface area contributed by atoms with Crippen molar-refractivity contribution in [2.24, 2.45) is 0 Å². The number of hydrogen-bond acceptors (Lipinski definition) is 1. The molecule has 1 aromatic carbocycles. The van der Waals surface area contributed by atoms with Crippen LogP contribution in [0.4, 0.5) is 17.6 Å². The Morgan fingerprint density at radius 3 is 2.31 bits per heavy atom. The van der Waals surface area contributed by atoms with Gasteiger partial charge < -0.3 is 5.11 Å². The Labute approximate surface area is 90.7 Å². The molecule has 1 atom stereocenters. The maximum absolute atomic E-state index is 12.8. The van der Waals surface area contributed by atoms with E-state index in [2.05, 4.69) is 0 Å². The molecule has 5 heteroatoms. The molecule has 0 fully saturated rings. The van der Waals surface area contributed by atoms with Crippen LogP contribution in [0, 0.1) is 5.82 Å². The predicted molar refractivity (Wildman–Crippen MR) is 51.3 cm³/mol. The molecule has 1 nitrogen and oxygen atoms in total. The van der Waals surface area contributed by atoms with Crippen LogP contribution in [0.5, 0.6) is 0 Å². The SMILES string of the molecule is CC(O)(CCC(F)(F)F)c1cccc(F)c1. The standard InChI is InChI=1S/C11H12F4O/c1-10(16,5-6-11(13,14)15)8-3-2-4-9(12)7-8/h2-4,7,16H,5-6H2,1H3. The van der Waals surface area contributed by atoms with Gasteiger partial charge in [-0.15, -0.1) is 0 Å². The van der Waals surface area contributed by atoms with Crippen molar-refractivity contribution in [2.45, 2.75) is 31.5 Å². The lowest BCUT2D eigenvalue weighted by molar-refractivity contribution is -0.146. The zero-order chi connectivity index (χ0) is 12.4. The molecule has 0 radical (unpaired) electrons. The minimum Gasteiger partial charge on any atom is -0.385 e. The number of hydrogen-bond donors (Lipinski definition) is 1. The third-order valence-corrected chi connectivity index (χ3v) is 2.34. The van der Waals surface area contributed by atoms with Gasteiger partial charge in [0.1, 0.15) is 5.82 Å². The molecule has 1 unspecified atom stereocenters. The molecular weight excluding hydrogens is 224 g/mol. The van der Waals surface area contributed by atoms with Gasteiger partial charge in [0.05, 0.1) is 5.60 Å². The van der Waals surface area contributed by atoms with Crippen LogP contribution in [0.15, 0.2) is 24.3 Å². The molecule has 0 spiro atoms. The van der Waals surface area contributed by atoms with E-state index in [9.17, 15) is 22.7 Å². The van der Waals surface area contributed by atoms with Gasteiger partial charge in [-0.05, 0) is 31.0 Å². The Bertz CT molecular complexity index is 357. The van der Waals surface area contributed by atoms with Crippen molar-refractivity contribution >= 4 is 0 Å². The average Bonchev–Trinajstić information content (AvgIpc) is 2.14. The molecule has 0 aliphatic heterocycles. The van der Waals surface area contributed by atoms with E-state index >= 15 is 0 Å². The van der Waals surface area contributed by atoms with Gasteiger partial charge >= 0.3 is 6.18 Å². The van der Waals surface area contributed by atoms with Crippen LogP contribution in [0.3, 0.4) is 0 Å². The number of halogens is 4. The highest BCUT2D eigenvalue weighted by atomic mass is 19.4. The summed E-state index contributed by atoms with van der Waals surface area (Å²) >= 11 is 0. The van der Waals surface area contributed by atoms with E-state index in [4.69, 9.17) is 0 Å². The largest absolute Gasteiger partial charge is 0.389 e. The van der Waals surface area contributed by atoms with Crippen molar-refractivity contribution < 1.29 is 22.7 Å². The first-order chi connectivity index (χ1) is 7.21. The minimum atomic E-state index is -4.32. The molecule has 0 amide bonds. The van der Waals surface area contributed by atoms with Crippen molar-refractivity contribution in [3.05, 3.63) is 35.6 Å². The Hall–Kier alpha value is -1.10. The molecule has 0 aliphatic rings. The molecule has 1 rings (SSSR count). The third kappa shape index (κ3) is 3.81. The molecule has 1 N–H and O–H groups in total. The monoisotopic (exact) mass is 236 g/mol. The fourth-order valence-electron chi connectivity index (χ4n) is 1.35.